The molecule has 4 aromatic rings. The van der Waals surface area contributed by atoms with Crippen LogP contribution < -0.4 is 0 Å². The van der Waals surface area contributed by atoms with Crippen molar-refractivity contribution in [1.82, 2.24) is 10.1 Å². The zero-order valence-corrected chi connectivity index (χ0v) is 15.4. The van der Waals surface area contributed by atoms with Gasteiger partial charge in [-0.2, -0.15) is 0 Å². The third-order valence-corrected chi connectivity index (χ3v) is 4.56. The molecule has 0 aliphatic rings. The second-order valence-electron chi connectivity index (χ2n) is 6.22. The second kappa shape index (κ2) is 7.69. The van der Waals surface area contributed by atoms with Crippen LogP contribution >= 0.6 is 11.6 Å². The first-order chi connectivity index (χ1) is 14.0. The molecule has 2 aromatic carbocycles. The lowest BCUT2D eigenvalue weighted by Crippen LogP contribution is -1.93. The number of hydrogen-bond donors (Lipinski definition) is 1. The standard InChI is InChI=1S/C21H12ClF3N2O2/c22-13-1-3-15(17(24)6-13)20-19(12-5-11(10-28)8-26-9-12)21(29-27-20)16-4-2-14(23)7-18(16)25/h1-9,28H,10H2. The minimum Gasteiger partial charge on any atom is -0.392 e. The fraction of sp³-hybridized carbons (Fsp3) is 0.0476. The largest absolute Gasteiger partial charge is 0.392 e. The summed E-state index contributed by atoms with van der Waals surface area (Å²) in [7, 11) is 0. The number of pyridine rings is 1. The van der Waals surface area contributed by atoms with Gasteiger partial charge in [-0.15, -0.1) is 0 Å². The van der Waals surface area contributed by atoms with Crippen LogP contribution in [0.2, 0.25) is 5.02 Å². The van der Waals surface area contributed by atoms with E-state index >= 15 is 0 Å². The second-order valence-corrected chi connectivity index (χ2v) is 6.66. The Morgan fingerprint density at radius 2 is 1.69 bits per heavy atom. The molecular weight excluding hydrogens is 405 g/mol. The van der Waals surface area contributed by atoms with Crippen molar-refractivity contribution in [3.63, 3.8) is 0 Å². The minimum absolute atomic E-state index is 0.0243. The van der Waals surface area contributed by atoms with E-state index in [0.29, 0.717) is 17.2 Å². The van der Waals surface area contributed by atoms with Crippen LogP contribution in [0, 0.1) is 17.5 Å². The summed E-state index contributed by atoms with van der Waals surface area (Å²) in [5.74, 6) is -2.29. The van der Waals surface area contributed by atoms with E-state index in [1.54, 1.807) is 6.07 Å². The molecule has 0 radical (unpaired) electrons. The monoisotopic (exact) mass is 416 g/mol. The number of hydrogen-bond acceptors (Lipinski definition) is 4. The average molecular weight is 417 g/mol. The quantitative estimate of drug-likeness (QED) is 0.468. The molecule has 146 valence electrons. The van der Waals surface area contributed by atoms with Gasteiger partial charge < -0.3 is 9.63 Å². The number of halogens is 4. The molecular formula is C21H12ClF3N2O2. The van der Waals surface area contributed by atoms with Gasteiger partial charge in [-0.1, -0.05) is 16.8 Å². The van der Waals surface area contributed by atoms with Gasteiger partial charge in [-0.25, -0.2) is 13.2 Å². The highest BCUT2D eigenvalue weighted by Crippen LogP contribution is 2.41. The number of aromatic nitrogens is 2. The lowest BCUT2D eigenvalue weighted by atomic mass is 9.96. The van der Waals surface area contributed by atoms with Crippen LogP contribution in [0.15, 0.2) is 59.4 Å². The van der Waals surface area contributed by atoms with Crippen LogP contribution in [0.3, 0.4) is 0 Å². The third kappa shape index (κ3) is 3.62. The van der Waals surface area contributed by atoms with Crippen molar-refractivity contribution in [1.29, 1.82) is 0 Å². The molecule has 0 amide bonds. The molecule has 0 unspecified atom stereocenters. The molecule has 0 fully saturated rings. The van der Waals surface area contributed by atoms with Crippen LogP contribution in [-0.4, -0.2) is 15.2 Å². The maximum Gasteiger partial charge on any atom is 0.178 e. The smallest absolute Gasteiger partial charge is 0.178 e. The SMILES string of the molecule is OCc1cncc(-c2c(-c3ccc(Cl)cc3F)noc2-c2ccc(F)cc2F)c1. The first-order valence-electron chi connectivity index (χ1n) is 8.43. The minimum atomic E-state index is -0.864. The molecule has 4 nitrogen and oxygen atoms in total. The van der Waals surface area contributed by atoms with Crippen molar-refractivity contribution >= 4 is 11.6 Å². The van der Waals surface area contributed by atoms with Crippen molar-refractivity contribution in [3.8, 4) is 33.7 Å². The van der Waals surface area contributed by atoms with E-state index in [9.17, 15) is 18.3 Å². The van der Waals surface area contributed by atoms with Gasteiger partial charge in [0.25, 0.3) is 0 Å². The van der Waals surface area contributed by atoms with Crippen molar-refractivity contribution < 1.29 is 22.8 Å². The summed E-state index contributed by atoms with van der Waals surface area (Å²) >= 11 is 5.83. The lowest BCUT2D eigenvalue weighted by molar-refractivity contribution is 0.281. The first kappa shape index (κ1) is 19.2. The molecule has 0 atom stereocenters. The summed E-state index contributed by atoms with van der Waals surface area (Å²) in [6, 6.07) is 8.63. The summed E-state index contributed by atoms with van der Waals surface area (Å²) in [5.41, 5.74) is 1.27. The summed E-state index contributed by atoms with van der Waals surface area (Å²) in [5, 5.41) is 13.6. The Hall–Kier alpha value is -3.16. The van der Waals surface area contributed by atoms with E-state index in [-0.39, 0.29) is 39.8 Å². The fourth-order valence-electron chi connectivity index (χ4n) is 2.99. The summed E-state index contributed by atoms with van der Waals surface area (Å²) in [6.07, 6.45) is 2.91. The Kier molecular flexibility index (Phi) is 5.08. The molecule has 29 heavy (non-hydrogen) atoms. The van der Waals surface area contributed by atoms with Gasteiger partial charge in [0.05, 0.1) is 17.7 Å². The van der Waals surface area contributed by atoms with Gasteiger partial charge in [0.15, 0.2) is 5.76 Å². The zero-order chi connectivity index (χ0) is 20.5. The van der Waals surface area contributed by atoms with Crippen LogP contribution in [0.1, 0.15) is 5.56 Å². The molecule has 8 heteroatoms. The first-order valence-corrected chi connectivity index (χ1v) is 8.81. The number of aliphatic hydroxyl groups is 1. The maximum atomic E-state index is 14.6. The number of nitrogens with zero attached hydrogens (tertiary/aromatic N) is 2. The highest BCUT2D eigenvalue weighted by atomic mass is 35.5. The number of benzene rings is 2. The Bertz CT molecular complexity index is 1140. The normalized spacial score (nSPS) is 11.1. The molecule has 2 heterocycles. The molecule has 2 aromatic heterocycles. The van der Waals surface area contributed by atoms with Crippen molar-refractivity contribution in [2.24, 2.45) is 0 Å². The Balaban J connectivity index is 2.01. The van der Waals surface area contributed by atoms with Gasteiger partial charge in [0.2, 0.25) is 0 Å². The number of aliphatic hydroxyl groups excluding tert-OH is 1. The Labute approximate surface area is 168 Å². The van der Waals surface area contributed by atoms with E-state index < -0.39 is 17.5 Å². The highest BCUT2D eigenvalue weighted by molar-refractivity contribution is 6.30. The summed E-state index contributed by atoms with van der Waals surface area (Å²) < 4.78 is 47.8. The van der Waals surface area contributed by atoms with Gasteiger partial charge in [-0.3, -0.25) is 4.98 Å². The van der Waals surface area contributed by atoms with E-state index in [0.717, 1.165) is 12.1 Å². The molecule has 0 aliphatic carbocycles. The molecule has 0 spiro atoms. The predicted molar refractivity (Wildman–Crippen MR) is 101 cm³/mol. The molecule has 0 saturated carbocycles. The van der Waals surface area contributed by atoms with E-state index in [1.165, 1.54) is 30.6 Å². The molecule has 0 saturated heterocycles. The van der Waals surface area contributed by atoms with Gasteiger partial charge in [0, 0.05) is 34.6 Å². The molecule has 1 N–H and O–H groups in total. The van der Waals surface area contributed by atoms with Gasteiger partial charge >= 0.3 is 0 Å². The summed E-state index contributed by atoms with van der Waals surface area (Å²) in [6.45, 7) is -0.281. The van der Waals surface area contributed by atoms with Crippen LogP contribution in [0.4, 0.5) is 13.2 Å². The summed E-state index contributed by atoms with van der Waals surface area (Å²) in [4.78, 5) is 4.06. The van der Waals surface area contributed by atoms with Crippen LogP contribution in [0.5, 0.6) is 0 Å². The molecule has 0 aliphatic heterocycles. The third-order valence-electron chi connectivity index (χ3n) is 4.32. The van der Waals surface area contributed by atoms with Crippen LogP contribution in [-0.2, 0) is 6.61 Å². The lowest BCUT2D eigenvalue weighted by Gasteiger charge is -2.08. The topological polar surface area (TPSA) is 59.2 Å². The van der Waals surface area contributed by atoms with Crippen molar-refractivity contribution in [3.05, 3.63) is 82.9 Å². The predicted octanol–water partition coefficient (Wildman–Crippen LogP) is 5.63. The molecule has 0 bridgehead atoms. The van der Waals surface area contributed by atoms with Gasteiger partial charge in [-0.05, 0) is 42.0 Å². The highest BCUT2D eigenvalue weighted by Gasteiger charge is 2.25. The van der Waals surface area contributed by atoms with E-state index in [2.05, 4.69) is 10.1 Å². The van der Waals surface area contributed by atoms with E-state index in [1.807, 2.05) is 0 Å². The van der Waals surface area contributed by atoms with Crippen LogP contribution in [0.25, 0.3) is 33.7 Å². The number of rotatable bonds is 4. The zero-order valence-electron chi connectivity index (χ0n) is 14.7. The molecule has 4 rings (SSSR count). The Morgan fingerprint density at radius 1 is 0.931 bits per heavy atom. The Morgan fingerprint density at radius 3 is 2.41 bits per heavy atom. The van der Waals surface area contributed by atoms with Crippen molar-refractivity contribution in [2.45, 2.75) is 6.61 Å². The van der Waals surface area contributed by atoms with Crippen molar-refractivity contribution in [2.75, 3.05) is 0 Å². The fourth-order valence-corrected chi connectivity index (χ4v) is 3.15. The average Bonchev–Trinajstić information content (AvgIpc) is 3.12. The van der Waals surface area contributed by atoms with E-state index in [4.69, 9.17) is 16.1 Å². The maximum absolute atomic E-state index is 14.6. The van der Waals surface area contributed by atoms with Gasteiger partial charge in [0.1, 0.15) is 23.1 Å².